The van der Waals surface area contributed by atoms with Crippen molar-refractivity contribution in [3.05, 3.63) is 0 Å². The highest BCUT2D eigenvalue weighted by Crippen LogP contribution is 2.69. The van der Waals surface area contributed by atoms with Crippen LogP contribution in [-0.4, -0.2) is 34.6 Å². The molecule has 0 amide bonds. The largest absolute Gasteiger partial charge is 0.393 e. The second-order valence-corrected chi connectivity index (χ2v) is 10.3. The summed E-state index contributed by atoms with van der Waals surface area (Å²) in [6, 6.07) is 0. The van der Waals surface area contributed by atoms with Crippen LogP contribution in [0.3, 0.4) is 0 Å². The SMILES string of the molecule is C[C@]12CCC(O)CC1CC[C@@H]1[C@@H]2CC[C@@]2(C)[C@H]1CC[C@]2(O)C1CO1. The Bertz CT molecular complexity index is 531. The van der Waals surface area contributed by atoms with E-state index in [2.05, 4.69) is 13.8 Å². The fourth-order valence-corrected chi connectivity index (χ4v) is 8.14. The first-order valence-corrected chi connectivity index (χ1v) is 10.4. The van der Waals surface area contributed by atoms with Crippen LogP contribution in [0.5, 0.6) is 0 Å². The van der Waals surface area contributed by atoms with Gasteiger partial charge in [0.05, 0.1) is 18.3 Å². The maximum absolute atomic E-state index is 11.4. The van der Waals surface area contributed by atoms with E-state index in [1.54, 1.807) is 0 Å². The summed E-state index contributed by atoms with van der Waals surface area (Å²) in [5, 5.41) is 21.6. The molecule has 0 aromatic heterocycles. The van der Waals surface area contributed by atoms with E-state index in [1.807, 2.05) is 0 Å². The van der Waals surface area contributed by atoms with E-state index < -0.39 is 5.60 Å². The van der Waals surface area contributed by atoms with Crippen LogP contribution in [0.4, 0.5) is 0 Å². The second kappa shape index (κ2) is 4.98. The summed E-state index contributed by atoms with van der Waals surface area (Å²) in [6.07, 6.45) is 10.5. The van der Waals surface area contributed by atoms with E-state index in [-0.39, 0.29) is 17.6 Å². The Labute approximate surface area is 146 Å². The third-order valence-corrected chi connectivity index (χ3v) is 9.72. The van der Waals surface area contributed by atoms with Gasteiger partial charge >= 0.3 is 0 Å². The van der Waals surface area contributed by atoms with Gasteiger partial charge in [-0.1, -0.05) is 13.8 Å². The van der Waals surface area contributed by atoms with E-state index in [0.717, 1.165) is 43.6 Å². The highest BCUT2D eigenvalue weighted by atomic mass is 16.6. The van der Waals surface area contributed by atoms with Gasteiger partial charge in [0.25, 0.3) is 0 Å². The van der Waals surface area contributed by atoms with Gasteiger partial charge in [-0.25, -0.2) is 0 Å². The van der Waals surface area contributed by atoms with Crippen LogP contribution in [0.2, 0.25) is 0 Å². The first-order valence-electron chi connectivity index (χ1n) is 10.4. The molecule has 0 aromatic carbocycles. The van der Waals surface area contributed by atoms with Crippen molar-refractivity contribution in [2.24, 2.45) is 34.5 Å². The molecule has 3 nitrogen and oxygen atoms in total. The maximum Gasteiger partial charge on any atom is 0.110 e. The molecule has 5 rings (SSSR count). The molecule has 5 aliphatic rings. The zero-order valence-electron chi connectivity index (χ0n) is 15.3. The van der Waals surface area contributed by atoms with Gasteiger partial charge in [-0.05, 0) is 86.9 Å². The van der Waals surface area contributed by atoms with Crippen molar-refractivity contribution in [3.8, 4) is 0 Å². The molecule has 0 bridgehead atoms. The topological polar surface area (TPSA) is 53.0 Å². The van der Waals surface area contributed by atoms with Gasteiger partial charge in [-0.15, -0.1) is 0 Å². The number of ether oxygens (including phenoxy) is 1. The van der Waals surface area contributed by atoms with Gasteiger partial charge in [0.1, 0.15) is 6.10 Å². The smallest absolute Gasteiger partial charge is 0.110 e. The van der Waals surface area contributed by atoms with Crippen molar-refractivity contribution in [1.82, 2.24) is 0 Å². The summed E-state index contributed by atoms with van der Waals surface area (Å²) in [5.41, 5.74) is -0.0733. The summed E-state index contributed by atoms with van der Waals surface area (Å²) in [7, 11) is 0. The second-order valence-electron chi connectivity index (χ2n) is 10.3. The molecule has 2 N–H and O–H groups in total. The van der Waals surface area contributed by atoms with Crippen LogP contribution in [0.15, 0.2) is 0 Å². The third kappa shape index (κ3) is 1.90. The van der Waals surface area contributed by atoms with Crippen LogP contribution < -0.4 is 0 Å². The van der Waals surface area contributed by atoms with Gasteiger partial charge in [-0.2, -0.15) is 0 Å². The van der Waals surface area contributed by atoms with Crippen molar-refractivity contribution in [2.75, 3.05) is 6.61 Å². The molecule has 0 aromatic rings. The van der Waals surface area contributed by atoms with Crippen LogP contribution in [0, 0.1) is 34.5 Å². The molecule has 24 heavy (non-hydrogen) atoms. The molecule has 4 aliphatic carbocycles. The minimum Gasteiger partial charge on any atom is -0.393 e. The summed E-state index contributed by atoms with van der Waals surface area (Å²) in [5.74, 6) is 2.99. The summed E-state index contributed by atoms with van der Waals surface area (Å²) in [6.45, 7) is 5.68. The number of aliphatic hydroxyl groups is 2. The predicted molar refractivity (Wildman–Crippen MR) is 92.4 cm³/mol. The van der Waals surface area contributed by atoms with Gasteiger partial charge in [0.2, 0.25) is 0 Å². The molecule has 0 spiro atoms. The maximum atomic E-state index is 11.4. The highest BCUT2D eigenvalue weighted by Gasteiger charge is 2.68. The Morgan fingerprint density at radius 3 is 2.42 bits per heavy atom. The summed E-state index contributed by atoms with van der Waals surface area (Å²) in [4.78, 5) is 0. The number of hydrogen-bond donors (Lipinski definition) is 2. The Morgan fingerprint density at radius 1 is 0.917 bits per heavy atom. The molecular formula is C21H34O3. The van der Waals surface area contributed by atoms with Crippen LogP contribution in [-0.2, 0) is 4.74 Å². The molecule has 9 atom stereocenters. The standard InChI is InChI=1S/C21H34O3/c1-19-8-5-14(22)11-13(19)3-4-15-16(19)6-9-20(2)17(15)7-10-21(20,23)18-12-24-18/h13-18,22-23H,3-12H2,1-2H3/t13?,14?,15-,16+,17+,18?,19+,20+,21+/m1/s1. The zero-order valence-corrected chi connectivity index (χ0v) is 15.3. The van der Waals surface area contributed by atoms with E-state index in [4.69, 9.17) is 4.74 Å². The first kappa shape index (κ1) is 16.1. The van der Waals surface area contributed by atoms with E-state index >= 15 is 0 Å². The van der Waals surface area contributed by atoms with Crippen molar-refractivity contribution < 1.29 is 14.9 Å². The Hall–Kier alpha value is -0.120. The van der Waals surface area contributed by atoms with E-state index in [9.17, 15) is 10.2 Å². The van der Waals surface area contributed by atoms with Crippen LogP contribution in [0.1, 0.15) is 71.6 Å². The minimum atomic E-state index is -0.566. The molecule has 3 unspecified atom stereocenters. The van der Waals surface area contributed by atoms with Gasteiger partial charge in [0, 0.05) is 5.41 Å². The first-order chi connectivity index (χ1) is 11.4. The van der Waals surface area contributed by atoms with Crippen molar-refractivity contribution in [2.45, 2.75) is 89.4 Å². The molecule has 0 radical (unpaired) electrons. The average Bonchev–Trinajstić information content (AvgIpc) is 3.36. The molecule has 1 aliphatic heterocycles. The number of epoxide rings is 1. The highest BCUT2D eigenvalue weighted by molar-refractivity contribution is 5.17. The van der Waals surface area contributed by atoms with Crippen molar-refractivity contribution >= 4 is 0 Å². The molecule has 136 valence electrons. The quantitative estimate of drug-likeness (QED) is 0.722. The normalized spacial score (nSPS) is 62.5. The van der Waals surface area contributed by atoms with Crippen molar-refractivity contribution in [1.29, 1.82) is 0 Å². The summed E-state index contributed by atoms with van der Waals surface area (Å²) >= 11 is 0. The number of fused-ring (bicyclic) bond motifs is 5. The Morgan fingerprint density at radius 2 is 1.67 bits per heavy atom. The van der Waals surface area contributed by atoms with Crippen LogP contribution in [0.25, 0.3) is 0 Å². The lowest BCUT2D eigenvalue weighted by atomic mass is 9.44. The molecule has 1 heterocycles. The molecule has 5 fully saturated rings. The predicted octanol–water partition coefficient (Wildman–Crippen LogP) is 3.52. The lowest BCUT2D eigenvalue weighted by Crippen LogP contribution is -2.58. The van der Waals surface area contributed by atoms with E-state index in [0.29, 0.717) is 11.3 Å². The van der Waals surface area contributed by atoms with Crippen molar-refractivity contribution in [3.63, 3.8) is 0 Å². The summed E-state index contributed by atoms with van der Waals surface area (Å²) < 4.78 is 5.59. The monoisotopic (exact) mass is 334 g/mol. The molecular weight excluding hydrogens is 300 g/mol. The Kier molecular flexibility index (Phi) is 3.34. The van der Waals surface area contributed by atoms with Crippen LogP contribution >= 0.6 is 0 Å². The fourth-order valence-electron chi connectivity index (χ4n) is 8.14. The lowest BCUT2D eigenvalue weighted by molar-refractivity contribution is -0.163. The lowest BCUT2D eigenvalue weighted by Gasteiger charge is -2.61. The zero-order chi connectivity index (χ0) is 16.7. The molecule has 3 heteroatoms. The third-order valence-electron chi connectivity index (χ3n) is 9.72. The van der Waals surface area contributed by atoms with Gasteiger partial charge in [0.15, 0.2) is 0 Å². The Balaban J connectivity index is 1.45. The fraction of sp³-hybridized carbons (Fsp3) is 1.00. The number of aliphatic hydroxyl groups excluding tert-OH is 1. The van der Waals surface area contributed by atoms with Gasteiger partial charge < -0.3 is 14.9 Å². The molecule has 4 saturated carbocycles. The van der Waals surface area contributed by atoms with E-state index in [1.165, 1.54) is 38.5 Å². The minimum absolute atomic E-state index is 0.0583. The van der Waals surface area contributed by atoms with Gasteiger partial charge in [-0.3, -0.25) is 0 Å². The molecule has 1 saturated heterocycles. The number of rotatable bonds is 1. The number of hydrogen-bond acceptors (Lipinski definition) is 3. The average molecular weight is 335 g/mol.